The fourth-order valence-electron chi connectivity index (χ4n) is 4.00. The zero-order chi connectivity index (χ0) is 23.9. The Balaban J connectivity index is 1.74. The number of methoxy groups -OCH3 is 2. The van der Waals surface area contributed by atoms with E-state index in [9.17, 15) is 18.0 Å². The lowest BCUT2D eigenvalue weighted by molar-refractivity contribution is -0.139. The number of piperidine rings is 1. The van der Waals surface area contributed by atoms with Gasteiger partial charge < -0.3 is 14.8 Å². The van der Waals surface area contributed by atoms with Crippen molar-refractivity contribution in [3.8, 4) is 5.75 Å². The van der Waals surface area contributed by atoms with Gasteiger partial charge in [-0.1, -0.05) is 42.5 Å². The summed E-state index contributed by atoms with van der Waals surface area (Å²) in [6, 6.07) is 16.8. The van der Waals surface area contributed by atoms with E-state index in [0.29, 0.717) is 30.7 Å². The number of nitrogens with one attached hydrogen (secondary N) is 2. The van der Waals surface area contributed by atoms with Gasteiger partial charge in [-0.05, 0) is 30.5 Å². The van der Waals surface area contributed by atoms with E-state index in [2.05, 4.69) is 14.8 Å². The summed E-state index contributed by atoms with van der Waals surface area (Å²) in [7, 11) is -1.11. The summed E-state index contributed by atoms with van der Waals surface area (Å²) in [5.74, 6) is -0.424. The second-order valence-electron chi connectivity index (χ2n) is 7.83. The summed E-state index contributed by atoms with van der Waals surface area (Å²) in [6.45, 7) is 0.414. The van der Waals surface area contributed by atoms with Gasteiger partial charge in [0.25, 0.3) is 16.1 Å². The third-order valence-electron chi connectivity index (χ3n) is 5.97. The predicted octanol–water partition coefficient (Wildman–Crippen LogP) is 1.47. The van der Waals surface area contributed by atoms with Crippen LogP contribution in [0.1, 0.15) is 28.8 Å². The highest BCUT2D eigenvalue weighted by atomic mass is 32.2. The molecule has 0 atom stereocenters. The number of hydrogen-bond acceptors (Lipinski definition) is 6. The highest BCUT2D eigenvalue weighted by molar-refractivity contribution is 7.87. The van der Waals surface area contributed by atoms with E-state index in [-0.39, 0.29) is 19.0 Å². The highest BCUT2D eigenvalue weighted by Crippen LogP contribution is 2.36. The number of ether oxygens (including phenoxy) is 2. The minimum absolute atomic E-state index is 0.246. The average Bonchev–Trinajstić information content (AvgIpc) is 2.86. The number of carbonyl (C=O) groups excluding carboxylic acids is 2. The quantitative estimate of drug-likeness (QED) is 0.531. The van der Waals surface area contributed by atoms with Crippen LogP contribution in [0.15, 0.2) is 54.6 Å². The first-order chi connectivity index (χ1) is 15.8. The zero-order valence-corrected chi connectivity index (χ0v) is 19.6. The van der Waals surface area contributed by atoms with Crippen molar-refractivity contribution in [2.75, 3.05) is 40.4 Å². The Bertz CT molecular complexity index is 1070. The fourth-order valence-corrected chi connectivity index (χ4v) is 5.15. The molecule has 0 spiro atoms. The van der Waals surface area contributed by atoms with Gasteiger partial charge in [-0.25, -0.2) is 0 Å². The summed E-state index contributed by atoms with van der Waals surface area (Å²) in [6.07, 6.45) is 1.00. The first kappa shape index (κ1) is 24.7. The molecule has 1 aliphatic heterocycles. The van der Waals surface area contributed by atoms with Crippen molar-refractivity contribution >= 4 is 22.1 Å². The molecule has 1 heterocycles. The maximum atomic E-state index is 12.9. The first-order valence-corrected chi connectivity index (χ1v) is 12.0. The van der Waals surface area contributed by atoms with Crippen LogP contribution in [0.2, 0.25) is 0 Å². The number of amides is 1. The Morgan fingerprint density at radius 1 is 1.00 bits per heavy atom. The highest BCUT2D eigenvalue weighted by Gasteiger charge is 2.39. The number of esters is 1. The molecule has 33 heavy (non-hydrogen) atoms. The molecule has 2 N–H and O–H groups in total. The van der Waals surface area contributed by atoms with Crippen LogP contribution in [-0.4, -0.2) is 65.0 Å². The molecule has 0 aliphatic carbocycles. The molecule has 0 aromatic heterocycles. The summed E-state index contributed by atoms with van der Waals surface area (Å²) in [4.78, 5) is 24.2. The van der Waals surface area contributed by atoms with Gasteiger partial charge in [0.15, 0.2) is 0 Å². The van der Waals surface area contributed by atoms with Crippen LogP contribution in [0, 0.1) is 0 Å². The van der Waals surface area contributed by atoms with E-state index in [4.69, 9.17) is 4.74 Å². The Kier molecular flexibility index (Phi) is 8.06. The number of benzene rings is 2. The normalized spacial score (nSPS) is 16.1. The van der Waals surface area contributed by atoms with E-state index in [1.54, 1.807) is 24.3 Å². The SMILES string of the molecule is COC(=O)CNS(=O)(=O)N1CCC(CNC(=O)c2ccccc2OC)(c2ccccc2)CC1. The maximum absolute atomic E-state index is 12.9. The number of rotatable bonds is 9. The van der Waals surface area contributed by atoms with Gasteiger partial charge in [-0.2, -0.15) is 17.4 Å². The molecule has 1 fully saturated rings. The molecule has 10 heteroatoms. The lowest BCUT2D eigenvalue weighted by atomic mass is 9.73. The molecule has 178 valence electrons. The lowest BCUT2D eigenvalue weighted by Gasteiger charge is -2.41. The van der Waals surface area contributed by atoms with Crippen molar-refractivity contribution in [1.82, 2.24) is 14.3 Å². The second kappa shape index (κ2) is 10.8. The maximum Gasteiger partial charge on any atom is 0.320 e. The van der Waals surface area contributed by atoms with E-state index < -0.39 is 28.1 Å². The first-order valence-electron chi connectivity index (χ1n) is 10.6. The molecule has 1 amide bonds. The molecule has 0 saturated carbocycles. The topological polar surface area (TPSA) is 114 Å². The molecule has 1 saturated heterocycles. The van der Waals surface area contributed by atoms with Gasteiger partial charge in [0.2, 0.25) is 0 Å². The molecule has 2 aromatic rings. The molecule has 9 nitrogen and oxygen atoms in total. The summed E-state index contributed by atoms with van der Waals surface area (Å²) >= 11 is 0. The van der Waals surface area contributed by atoms with E-state index in [1.807, 2.05) is 30.3 Å². The van der Waals surface area contributed by atoms with Crippen molar-refractivity contribution < 1.29 is 27.5 Å². The van der Waals surface area contributed by atoms with E-state index in [0.717, 1.165) is 5.56 Å². The molecule has 0 bridgehead atoms. The largest absolute Gasteiger partial charge is 0.496 e. The summed E-state index contributed by atoms with van der Waals surface area (Å²) in [5.41, 5.74) is 1.04. The van der Waals surface area contributed by atoms with Crippen LogP contribution in [0.3, 0.4) is 0 Å². The van der Waals surface area contributed by atoms with Crippen LogP contribution >= 0.6 is 0 Å². The molecule has 1 aliphatic rings. The summed E-state index contributed by atoms with van der Waals surface area (Å²) < 4.78 is 38.6. The van der Waals surface area contributed by atoms with E-state index in [1.165, 1.54) is 18.5 Å². The Labute approximate surface area is 194 Å². The van der Waals surface area contributed by atoms with Crippen molar-refractivity contribution in [2.45, 2.75) is 18.3 Å². The standard InChI is InChI=1S/C23H29N3O6S/c1-31-20-11-7-6-10-19(20)22(28)24-17-23(18-8-4-3-5-9-18)12-14-26(15-13-23)33(29,30)25-16-21(27)32-2/h3-11,25H,12-17H2,1-2H3,(H,24,28). The van der Waals surface area contributed by atoms with Gasteiger partial charge in [0.05, 0.1) is 19.8 Å². The molecule has 3 rings (SSSR count). The van der Waals surface area contributed by atoms with Gasteiger partial charge in [0.1, 0.15) is 12.3 Å². The van der Waals surface area contributed by atoms with Crippen molar-refractivity contribution in [3.63, 3.8) is 0 Å². The molecular weight excluding hydrogens is 446 g/mol. The third kappa shape index (κ3) is 5.89. The molecule has 2 aromatic carbocycles. The van der Waals surface area contributed by atoms with Crippen LogP contribution in [-0.2, 0) is 25.2 Å². The number of nitrogens with zero attached hydrogens (tertiary/aromatic N) is 1. The Morgan fingerprint density at radius 2 is 1.64 bits per heavy atom. The average molecular weight is 476 g/mol. The minimum Gasteiger partial charge on any atom is -0.496 e. The van der Waals surface area contributed by atoms with Gasteiger partial charge in [-0.15, -0.1) is 0 Å². The van der Waals surface area contributed by atoms with Gasteiger partial charge in [-0.3, -0.25) is 9.59 Å². The van der Waals surface area contributed by atoms with Crippen molar-refractivity contribution in [2.24, 2.45) is 0 Å². The Hall–Kier alpha value is -2.95. The fraction of sp³-hybridized carbons (Fsp3) is 0.391. The van der Waals surface area contributed by atoms with Crippen LogP contribution in [0.4, 0.5) is 0 Å². The Morgan fingerprint density at radius 3 is 2.27 bits per heavy atom. The smallest absolute Gasteiger partial charge is 0.320 e. The summed E-state index contributed by atoms with van der Waals surface area (Å²) in [5, 5.41) is 3.02. The number of para-hydroxylation sites is 1. The van der Waals surface area contributed by atoms with Crippen molar-refractivity contribution in [3.05, 3.63) is 65.7 Å². The van der Waals surface area contributed by atoms with Gasteiger partial charge in [0, 0.05) is 25.0 Å². The number of hydrogen-bond donors (Lipinski definition) is 2. The second-order valence-corrected chi connectivity index (χ2v) is 9.59. The minimum atomic E-state index is -3.83. The zero-order valence-electron chi connectivity index (χ0n) is 18.7. The number of carbonyl (C=O) groups is 2. The van der Waals surface area contributed by atoms with Crippen LogP contribution in [0.25, 0.3) is 0 Å². The monoisotopic (exact) mass is 475 g/mol. The van der Waals surface area contributed by atoms with Crippen LogP contribution in [0.5, 0.6) is 5.75 Å². The third-order valence-corrected chi connectivity index (χ3v) is 7.53. The van der Waals surface area contributed by atoms with E-state index >= 15 is 0 Å². The molecule has 0 unspecified atom stereocenters. The van der Waals surface area contributed by atoms with Crippen LogP contribution < -0.4 is 14.8 Å². The molecular formula is C23H29N3O6S. The lowest BCUT2D eigenvalue weighted by Crippen LogP contribution is -2.53. The molecule has 0 radical (unpaired) electrons. The van der Waals surface area contributed by atoms with Crippen molar-refractivity contribution in [1.29, 1.82) is 0 Å². The predicted molar refractivity (Wildman–Crippen MR) is 123 cm³/mol. The van der Waals surface area contributed by atoms with Gasteiger partial charge >= 0.3 is 5.97 Å².